The van der Waals surface area contributed by atoms with E-state index in [1.54, 1.807) is 0 Å². The maximum absolute atomic E-state index is 12.1. The molecule has 5 heteroatoms. The van der Waals surface area contributed by atoms with Crippen molar-refractivity contribution in [3.8, 4) is 0 Å². The Bertz CT molecular complexity index is 991. The summed E-state index contributed by atoms with van der Waals surface area (Å²) in [6.07, 6.45) is 8.69. The smallest absolute Gasteiger partial charge is 0.352 e. The van der Waals surface area contributed by atoms with Crippen molar-refractivity contribution < 1.29 is 15.0 Å². The first-order valence-corrected chi connectivity index (χ1v) is 11.8. The number of benzene rings is 1. The van der Waals surface area contributed by atoms with Crippen molar-refractivity contribution in [1.82, 2.24) is 9.88 Å². The van der Waals surface area contributed by atoms with E-state index in [1.807, 2.05) is 6.07 Å². The molecule has 2 aromatic rings. The lowest BCUT2D eigenvalue weighted by Crippen LogP contribution is -2.64. The van der Waals surface area contributed by atoms with Crippen molar-refractivity contribution in [2.24, 2.45) is 5.92 Å². The highest BCUT2D eigenvalue weighted by molar-refractivity contribution is 5.99. The number of hydrogen-bond donors (Lipinski definition) is 3. The van der Waals surface area contributed by atoms with E-state index in [0.717, 1.165) is 43.3 Å². The first kappa shape index (κ1) is 18.9. The molecule has 5 nitrogen and oxygen atoms in total. The van der Waals surface area contributed by atoms with E-state index in [9.17, 15) is 15.0 Å². The molecule has 0 radical (unpaired) electrons. The van der Waals surface area contributed by atoms with Crippen LogP contribution in [0.25, 0.3) is 10.9 Å². The molecule has 3 heterocycles. The minimum Gasteiger partial charge on any atom is -0.477 e. The molecule has 1 aromatic heterocycles. The molecular formula is C25H32N2O3. The summed E-state index contributed by atoms with van der Waals surface area (Å²) >= 11 is 0. The van der Waals surface area contributed by atoms with Gasteiger partial charge in [0.2, 0.25) is 0 Å². The van der Waals surface area contributed by atoms with Crippen LogP contribution in [0.15, 0.2) is 18.2 Å². The second kappa shape index (κ2) is 6.57. The van der Waals surface area contributed by atoms with Gasteiger partial charge in [0.1, 0.15) is 5.69 Å². The summed E-state index contributed by atoms with van der Waals surface area (Å²) in [6, 6.07) is 7.29. The van der Waals surface area contributed by atoms with Gasteiger partial charge in [-0.05, 0) is 92.9 Å². The molecule has 5 fully saturated rings. The first-order chi connectivity index (χ1) is 14.4. The molecule has 0 amide bonds. The van der Waals surface area contributed by atoms with Crippen molar-refractivity contribution in [2.45, 2.75) is 87.8 Å². The molecule has 0 spiro atoms. The molecule has 3 saturated carbocycles. The number of nitrogens with one attached hydrogen (secondary N) is 1. The van der Waals surface area contributed by atoms with Gasteiger partial charge in [-0.3, -0.25) is 4.90 Å². The molecule has 3 atom stereocenters. The third-order valence-corrected chi connectivity index (χ3v) is 8.49. The van der Waals surface area contributed by atoms with E-state index >= 15 is 0 Å². The number of aliphatic hydroxyl groups is 1. The fraction of sp³-hybridized carbons (Fsp3) is 0.640. The van der Waals surface area contributed by atoms with E-state index in [1.165, 1.54) is 36.6 Å². The third-order valence-electron chi connectivity index (χ3n) is 8.49. The highest BCUT2D eigenvalue weighted by Gasteiger charge is 2.53. The Hall–Kier alpha value is -1.85. The standard InChI is InChI=1S/C25H32N2O3/c1-14(7-8-27-17-9-15-10-18(27)13-25(30,11-15)12-17)21-22-19(16-5-6-16)3-2-4-20(22)26-23(21)24(28)29/h2-4,14-18,26,30H,5-13H2,1H3,(H,28,29). The Morgan fingerprint density at radius 2 is 1.97 bits per heavy atom. The fourth-order valence-corrected chi connectivity index (χ4v) is 7.22. The Morgan fingerprint density at radius 3 is 2.60 bits per heavy atom. The molecule has 5 aliphatic rings. The van der Waals surface area contributed by atoms with Crippen molar-refractivity contribution in [3.05, 3.63) is 35.0 Å². The van der Waals surface area contributed by atoms with Crippen molar-refractivity contribution in [1.29, 1.82) is 0 Å². The van der Waals surface area contributed by atoms with Gasteiger partial charge in [-0.2, -0.15) is 0 Å². The third kappa shape index (κ3) is 2.93. The van der Waals surface area contributed by atoms with Gasteiger partial charge in [0.15, 0.2) is 0 Å². The van der Waals surface area contributed by atoms with Gasteiger partial charge in [-0.25, -0.2) is 4.79 Å². The zero-order valence-electron chi connectivity index (χ0n) is 17.7. The number of carbonyl (C=O) groups is 1. The lowest BCUT2D eigenvalue weighted by atomic mass is 9.61. The molecule has 30 heavy (non-hydrogen) atoms. The van der Waals surface area contributed by atoms with Crippen LogP contribution >= 0.6 is 0 Å². The van der Waals surface area contributed by atoms with Gasteiger partial charge < -0.3 is 15.2 Å². The first-order valence-electron chi connectivity index (χ1n) is 11.8. The molecule has 3 N–H and O–H groups in total. The average Bonchev–Trinajstić information content (AvgIpc) is 3.44. The van der Waals surface area contributed by atoms with E-state index in [0.29, 0.717) is 29.6 Å². The molecule has 4 bridgehead atoms. The Balaban J connectivity index is 1.28. The minimum atomic E-state index is -0.855. The number of piperidine rings is 2. The number of aromatic amines is 1. The number of carboxylic acid groups (broad SMARTS) is 1. The largest absolute Gasteiger partial charge is 0.477 e. The number of carboxylic acids is 1. The van der Waals surface area contributed by atoms with Crippen LogP contribution in [0.4, 0.5) is 0 Å². The second-order valence-corrected chi connectivity index (χ2v) is 10.7. The maximum atomic E-state index is 12.1. The van der Waals surface area contributed by atoms with Crippen molar-refractivity contribution in [3.63, 3.8) is 0 Å². The summed E-state index contributed by atoms with van der Waals surface area (Å²) in [5.74, 6) is 0.623. The van der Waals surface area contributed by atoms with E-state index < -0.39 is 11.6 Å². The maximum Gasteiger partial charge on any atom is 0.352 e. The Morgan fingerprint density at radius 1 is 1.23 bits per heavy atom. The highest BCUT2D eigenvalue weighted by atomic mass is 16.4. The summed E-state index contributed by atoms with van der Waals surface area (Å²) in [4.78, 5) is 17.9. The van der Waals surface area contributed by atoms with Crippen LogP contribution < -0.4 is 0 Å². The second-order valence-electron chi connectivity index (χ2n) is 10.7. The number of rotatable bonds is 6. The summed E-state index contributed by atoms with van der Waals surface area (Å²) in [5.41, 5.74) is 3.26. The van der Waals surface area contributed by atoms with Gasteiger partial charge in [0.25, 0.3) is 0 Å². The lowest BCUT2D eigenvalue weighted by Gasteiger charge is -2.60. The Labute approximate surface area is 177 Å². The fourth-order valence-electron chi connectivity index (χ4n) is 7.22. The molecule has 2 aliphatic heterocycles. The van der Waals surface area contributed by atoms with Gasteiger partial charge in [0, 0.05) is 23.0 Å². The van der Waals surface area contributed by atoms with E-state index in [2.05, 4.69) is 28.9 Å². The normalized spacial score (nSPS) is 34.0. The summed E-state index contributed by atoms with van der Waals surface area (Å²) in [5, 5.41) is 21.9. The quantitative estimate of drug-likeness (QED) is 0.652. The number of hydrogen-bond acceptors (Lipinski definition) is 3. The van der Waals surface area contributed by atoms with Crippen LogP contribution in [-0.2, 0) is 0 Å². The molecule has 7 rings (SSSR count). The number of aromatic nitrogens is 1. The zero-order chi connectivity index (χ0) is 20.6. The monoisotopic (exact) mass is 408 g/mol. The number of fused-ring (bicyclic) bond motifs is 1. The SMILES string of the molecule is CC(CCN1C2CC3CC1CC(O)(C3)C2)c1c(C(=O)O)[nH]c2cccc(C3CC3)c12. The lowest BCUT2D eigenvalue weighted by molar-refractivity contribution is -0.157. The van der Waals surface area contributed by atoms with Gasteiger partial charge in [-0.15, -0.1) is 0 Å². The minimum absolute atomic E-state index is 0.185. The highest BCUT2D eigenvalue weighted by Crippen LogP contribution is 2.51. The molecule has 3 aliphatic carbocycles. The van der Waals surface area contributed by atoms with Crippen LogP contribution in [0, 0.1) is 5.92 Å². The zero-order valence-corrected chi connectivity index (χ0v) is 17.7. The van der Waals surface area contributed by atoms with Crippen LogP contribution in [0.5, 0.6) is 0 Å². The number of H-pyrrole nitrogens is 1. The van der Waals surface area contributed by atoms with Gasteiger partial charge in [0.05, 0.1) is 5.60 Å². The van der Waals surface area contributed by atoms with Crippen molar-refractivity contribution in [2.75, 3.05) is 6.54 Å². The van der Waals surface area contributed by atoms with E-state index in [4.69, 9.17) is 0 Å². The molecule has 2 saturated heterocycles. The number of nitrogens with zero attached hydrogens (tertiary/aromatic N) is 1. The topological polar surface area (TPSA) is 76.6 Å². The summed E-state index contributed by atoms with van der Waals surface area (Å²) in [6.45, 7) is 3.19. The summed E-state index contributed by atoms with van der Waals surface area (Å²) < 4.78 is 0. The molecule has 3 unspecified atom stereocenters. The molecular weight excluding hydrogens is 376 g/mol. The predicted molar refractivity (Wildman–Crippen MR) is 116 cm³/mol. The van der Waals surface area contributed by atoms with Crippen LogP contribution in [-0.4, -0.2) is 50.3 Å². The Kier molecular flexibility index (Phi) is 4.14. The van der Waals surface area contributed by atoms with Gasteiger partial charge >= 0.3 is 5.97 Å². The van der Waals surface area contributed by atoms with Gasteiger partial charge in [-0.1, -0.05) is 19.1 Å². The molecule has 160 valence electrons. The van der Waals surface area contributed by atoms with Crippen LogP contribution in [0.3, 0.4) is 0 Å². The molecule has 1 aromatic carbocycles. The van der Waals surface area contributed by atoms with Crippen LogP contribution in [0.1, 0.15) is 91.7 Å². The summed E-state index contributed by atoms with van der Waals surface area (Å²) in [7, 11) is 0. The average molecular weight is 409 g/mol. The van der Waals surface area contributed by atoms with E-state index in [-0.39, 0.29) is 5.92 Å². The predicted octanol–water partition coefficient (Wildman–Crippen LogP) is 4.61. The van der Waals surface area contributed by atoms with Crippen LogP contribution in [0.2, 0.25) is 0 Å². The number of aromatic carboxylic acids is 1. The van der Waals surface area contributed by atoms with Crippen molar-refractivity contribution >= 4 is 16.9 Å².